The Balaban J connectivity index is 1.93. The van der Waals surface area contributed by atoms with Gasteiger partial charge in [-0.2, -0.15) is 0 Å². The second-order valence-electron chi connectivity index (χ2n) is 5.99. The van der Waals surface area contributed by atoms with Gasteiger partial charge in [0.2, 0.25) is 0 Å². The normalized spacial score (nSPS) is 15.4. The molecule has 102 valence electrons. The third-order valence-corrected chi connectivity index (χ3v) is 7.67. The average Bonchev–Trinajstić information content (AvgIpc) is 3.06. The fourth-order valence-electron chi connectivity index (χ4n) is 3.00. The molecule has 0 bridgehead atoms. The topological polar surface area (TPSA) is 0 Å². The standard InChI is InChI=1S/C17H16S3/c1-9-5-6-13(18-9)14-8-12-16(20-14)15-11(17(12,3)4)7-10(2)19-15/h5-8H,1-4H3. The smallest absolute Gasteiger partial charge is 0.0493 e. The molecule has 0 atom stereocenters. The largest absolute Gasteiger partial charge is 0.140 e. The van der Waals surface area contributed by atoms with Gasteiger partial charge in [-0.25, -0.2) is 0 Å². The molecule has 4 rings (SSSR count). The van der Waals surface area contributed by atoms with E-state index in [4.69, 9.17) is 0 Å². The molecule has 0 aliphatic heterocycles. The van der Waals surface area contributed by atoms with Gasteiger partial charge < -0.3 is 0 Å². The van der Waals surface area contributed by atoms with E-state index in [-0.39, 0.29) is 5.41 Å². The van der Waals surface area contributed by atoms with E-state index in [2.05, 4.69) is 52.0 Å². The highest BCUT2D eigenvalue weighted by atomic mass is 32.1. The Morgan fingerprint density at radius 3 is 2.15 bits per heavy atom. The summed E-state index contributed by atoms with van der Waals surface area (Å²) in [4.78, 5) is 8.66. The molecule has 20 heavy (non-hydrogen) atoms. The molecule has 0 radical (unpaired) electrons. The van der Waals surface area contributed by atoms with Crippen molar-refractivity contribution in [1.29, 1.82) is 0 Å². The second-order valence-corrected chi connectivity index (χ2v) is 9.59. The maximum absolute atomic E-state index is 2.42. The molecular formula is C17H16S3. The van der Waals surface area contributed by atoms with Crippen LogP contribution >= 0.6 is 34.0 Å². The molecule has 0 saturated heterocycles. The number of fused-ring (bicyclic) bond motifs is 3. The van der Waals surface area contributed by atoms with Crippen LogP contribution in [0.25, 0.3) is 19.5 Å². The van der Waals surface area contributed by atoms with Gasteiger partial charge in [-0.15, -0.1) is 34.0 Å². The Morgan fingerprint density at radius 2 is 1.45 bits per heavy atom. The summed E-state index contributed by atoms with van der Waals surface area (Å²) >= 11 is 5.81. The van der Waals surface area contributed by atoms with Crippen LogP contribution in [0.1, 0.15) is 34.7 Å². The zero-order chi connectivity index (χ0) is 14.1. The molecule has 0 N–H and O–H groups in total. The number of rotatable bonds is 1. The first kappa shape index (κ1) is 12.8. The first-order valence-electron chi connectivity index (χ1n) is 6.79. The minimum absolute atomic E-state index is 0.163. The Labute approximate surface area is 131 Å². The third-order valence-electron chi connectivity index (χ3n) is 4.12. The van der Waals surface area contributed by atoms with E-state index in [0.29, 0.717) is 0 Å². The van der Waals surface area contributed by atoms with Crippen molar-refractivity contribution in [3.63, 3.8) is 0 Å². The number of hydrogen-bond donors (Lipinski definition) is 0. The van der Waals surface area contributed by atoms with E-state index in [9.17, 15) is 0 Å². The van der Waals surface area contributed by atoms with Gasteiger partial charge in [-0.1, -0.05) is 13.8 Å². The van der Waals surface area contributed by atoms with Crippen LogP contribution in [0.4, 0.5) is 0 Å². The van der Waals surface area contributed by atoms with Gasteiger partial charge in [-0.3, -0.25) is 0 Å². The van der Waals surface area contributed by atoms with E-state index in [1.165, 1.54) is 40.4 Å². The Bertz CT molecular complexity index is 811. The molecule has 0 saturated carbocycles. The van der Waals surface area contributed by atoms with E-state index < -0.39 is 0 Å². The first-order valence-corrected chi connectivity index (χ1v) is 9.24. The van der Waals surface area contributed by atoms with Gasteiger partial charge in [0.05, 0.1) is 0 Å². The van der Waals surface area contributed by atoms with Crippen LogP contribution in [0, 0.1) is 13.8 Å². The first-order chi connectivity index (χ1) is 9.46. The van der Waals surface area contributed by atoms with Crippen molar-refractivity contribution < 1.29 is 0 Å². The maximum Gasteiger partial charge on any atom is 0.0493 e. The summed E-state index contributed by atoms with van der Waals surface area (Å²) in [5, 5.41) is 0. The molecule has 3 aromatic heterocycles. The van der Waals surface area contributed by atoms with Crippen LogP contribution in [0.15, 0.2) is 24.3 Å². The molecule has 0 fully saturated rings. The fourth-order valence-corrected chi connectivity index (χ4v) is 6.60. The van der Waals surface area contributed by atoms with Crippen molar-refractivity contribution in [1.82, 2.24) is 0 Å². The second kappa shape index (κ2) is 4.06. The highest BCUT2D eigenvalue weighted by Crippen LogP contribution is 2.57. The van der Waals surface area contributed by atoms with Gasteiger partial charge in [0.1, 0.15) is 0 Å². The quantitative estimate of drug-likeness (QED) is 0.483. The maximum atomic E-state index is 2.42. The van der Waals surface area contributed by atoms with Crippen LogP contribution in [0.2, 0.25) is 0 Å². The highest BCUT2D eigenvalue weighted by molar-refractivity contribution is 7.26. The fraction of sp³-hybridized carbons (Fsp3) is 0.294. The van der Waals surface area contributed by atoms with Crippen molar-refractivity contribution in [2.75, 3.05) is 0 Å². The minimum Gasteiger partial charge on any atom is -0.140 e. The lowest BCUT2D eigenvalue weighted by Gasteiger charge is -2.18. The number of hydrogen-bond acceptors (Lipinski definition) is 3. The molecular weight excluding hydrogens is 300 g/mol. The van der Waals surface area contributed by atoms with Gasteiger partial charge in [0.25, 0.3) is 0 Å². The van der Waals surface area contributed by atoms with Gasteiger partial charge >= 0.3 is 0 Å². The van der Waals surface area contributed by atoms with Crippen molar-refractivity contribution in [2.45, 2.75) is 33.1 Å². The average molecular weight is 317 g/mol. The zero-order valence-corrected chi connectivity index (χ0v) is 14.5. The summed E-state index contributed by atoms with van der Waals surface area (Å²) < 4.78 is 0. The predicted molar refractivity (Wildman–Crippen MR) is 92.5 cm³/mol. The van der Waals surface area contributed by atoms with Gasteiger partial charge in [-0.05, 0) is 49.2 Å². The summed E-state index contributed by atoms with van der Waals surface area (Å²) in [7, 11) is 0. The lowest BCUT2D eigenvalue weighted by Crippen LogP contribution is -2.13. The molecule has 0 spiro atoms. The highest BCUT2D eigenvalue weighted by Gasteiger charge is 2.39. The van der Waals surface area contributed by atoms with Crippen molar-refractivity contribution >= 4 is 34.0 Å². The summed E-state index contributed by atoms with van der Waals surface area (Å²) in [6.45, 7) is 9.12. The van der Waals surface area contributed by atoms with Crippen molar-refractivity contribution in [3.8, 4) is 19.5 Å². The molecule has 3 aromatic rings. The van der Waals surface area contributed by atoms with E-state index >= 15 is 0 Å². The molecule has 1 aliphatic carbocycles. The van der Waals surface area contributed by atoms with Crippen LogP contribution in [0.3, 0.4) is 0 Å². The van der Waals surface area contributed by atoms with Crippen LogP contribution in [0.5, 0.6) is 0 Å². The molecule has 3 heteroatoms. The zero-order valence-electron chi connectivity index (χ0n) is 12.0. The summed E-state index contributed by atoms with van der Waals surface area (Å²) in [6, 6.07) is 9.28. The summed E-state index contributed by atoms with van der Waals surface area (Å²) in [6.07, 6.45) is 0. The van der Waals surface area contributed by atoms with Gasteiger partial charge in [0.15, 0.2) is 0 Å². The Hall–Kier alpha value is -0.900. The number of thiophene rings is 3. The molecule has 1 aliphatic rings. The Morgan fingerprint density at radius 1 is 0.750 bits per heavy atom. The molecule has 0 amide bonds. The van der Waals surface area contributed by atoms with Crippen molar-refractivity contribution in [3.05, 3.63) is 45.1 Å². The van der Waals surface area contributed by atoms with Crippen LogP contribution < -0.4 is 0 Å². The van der Waals surface area contributed by atoms with Crippen LogP contribution in [-0.4, -0.2) is 0 Å². The lowest BCUT2D eigenvalue weighted by atomic mass is 9.84. The summed E-state index contributed by atoms with van der Waals surface area (Å²) in [5.41, 5.74) is 3.20. The third kappa shape index (κ3) is 1.63. The van der Waals surface area contributed by atoms with E-state index in [1.807, 2.05) is 34.0 Å². The number of aryl methyl sites for hydroxylation is 2. The lowest BCUT2D eigenvalue weighted by molar-refractivity contribution is 0.663. The molecule has 3 heterocycles. The summed E-state index contributed by atoms with van der Waals surface area (Å²) in [5.74, 6) is 0. The van der Waals surface area contributed by atoms with E-state index in [1.54, 1.807) is 0 Å². The Kier molecular flexibility index (Phi) is 2.60. The SMILES string of the molecule is Cc1ccc(-c2cc3c(s2)-c2sc(C)cc2C3(C)C)s1. The van der Waals surface area contributed by atoms with E-state index in [0.717, 1.165) is 0 Å². The minimum atomic E-state index is 0.163. The van der Waals surface area contributed by atoms with Crippen LogP contribution in [-0.2, 0) is 5.41 Å². The predicted octanol–water partition coefficient (Wildman–Crippen LogP) is 6.46. The monoisotopic (exact) mass is 316 g/mol. The van der Waals surface area contributed by atoms with Gasteiger partial charge in [0, 0.05) is 34.7 Å². The van der Waals surface area contributed by atoms with Crippen molar-refractivity contribution in [2.24, 2.45) is 0 Å². The molecule has 0 unspecified atom stereocenters. The molecule has 0 aromatic carbocycles. The molecule has 0 nitrogen and oxygen atoms in total.